The van der Waals surface area contributed by atoms with Crippen LogP contribution in [0.3, 0.4) is 0 Å². The van der Waals surface area contributed by atoms with Gasteiger partial charge in [0.2, 0.25) is 5.91 Å². The molecule has 0 bridgehead atoms. The zero-order chi connectivity index (χ0) is 22.9. The number of carbonyl (C=O) groups is 5. The quantitative estimate of drug-likeness (QED) is 0.282. The molecule has 0 aliphatic rings. The van der Waals surface area contributed by atoms with Gasteiger partial charge in [0.1, 0.15) is 23.6 Å². The monoisotopic (exact) mass is 426 g/mol. The lowest BCUT2D eigenvalue weighted by Gasteiger charge is -2.28. The smallest absolute Gasteiger partial charge is 0.233 e. The van der Waals surface area contributed by atoms with Crippen molar-refractivity contribution in [3.05, 3.63) is 0 Å². The van der Waals surface area contributed by atoms with E-state index < -0.39 is 0 Å². The summed E-state index contributed by atoms with van der Waals surface area (Å²) in [7, 11) is 1.55. The van der Waals surface area contributed by atoms with E-state index in [0.29, 0.717) is 45.4 Å². The largest absolute Gasteiger partial charge is 0.358 e. The second-order valence-electron chi connectivity index (χ2n) is 7.24. The molecule has 0 aliphatic heterocycles. The molecule has 0 radical (unpaired) electrons. The van der Waals surface area contributed by atoms with E-state index in [1.807, 2.05) is 9.80 Å². The van der Waals surface area contributed by atoms with Gasteiger partial charge in [-0.15, -0.1) is 0 Å². The van der Waals surface area contributed by atoms with Crippen molar-refractivity contribution in [2.75, 3.05) is 66.0 Å². The topological polar surface area (TPSA) is 107 Å². The van der Waals surface area contributed by atoms with Gasteiger partial charge in [0.15, 0.2) is 0 Å². The Kier molecular flexibility index (Phi) is 15.7. The van der Waals surface area contributed by atoms with E-state index in [2.05, 4.69) is 5.32 Å². The molecule has 172 valence electrons. The van der Waals surface area contributed by atoms with Gasteiger partial charge in [-0.1, -0.05) is 20.8 Å². The van der Waals surface area contributed by atoms with Gasteiger partial charge >= 0.3 is 0 Å². The summed E-state index contributed by atoms with van der Waals surface area (Å²) < 4.78 is 0. The standard InChI is InChI=1S/C21H38N4O5/c1-5-18(27)14-24(15-19(28)6-2)10-8-23(12-13-26)9-11-25(16-20(29)7-3)17-21(30)22-4/h13H,5-12,14-17H2,1-4H3,(H,22,30). The van der Waals surface area contributed by atoms with Crippen LogP contribution in [0.2, 0.25) is 0 Å². The molecule has 1 N–H and O–H groups in total. The number of rotatable bonds is 19. The van der Waals surface area contributed by atoms with Gasteiger partial charge in [-0.2, -0.15) is 0 Å². The molecular weight excluding hydrogens is 388 g/mol. The number of hydrogen-bond donors (Lipinski definition) is 1. The zero-order valence-electron chi connectivity index (χ0n) is 18.9. The Labute approximate surface area is 180 Å². The predicted molar refractivity (Wildman–Crippen MR) is 115 cm³/mol. The molecular formula is C21H38N4O5. The van der Waals surface area contributed by atoms with Gasteiger partial charge in [-0.25, -0.2) is 0 Å². The van der Waals surface area contributed by atoms with E-state index in [-0.39, 0.29) is 56.0 Å². The minimum absolute atomic E-state index is 0.0446. The van der Waals surface area contributed by atoms with E-state index in [4.69, 9.17) is 0 Å². The van der Waals surface area contributed by atoms with Crippen LogP contribution in [-0.2, 0) is 24.0 Å². The Hall–Kier alpha value is -1.97. The number of hydrogen-bond acceptors (Lipinski definition) is 8. The van der Waals surface area contributed by atoms with Crippen LogP contribution in [0.25, 0.3) is 0 Å². The fourth-order valence-electron chi connectivity index (χ4n) is 2.76. The van der Waals surface area contributed by atoms with Crippen molar-refractivity contribution in [3.63, 3.8) is 0 Å². The number of aldehydes is 1. The molecule has 0 atom stereocenters. The lowest BCUT2D eigenvalue weighted by atomic mass is 10.2. The maximum Gasteiger partial charge on any atom is 0.233 e. The number of amides is 1. The first-order valence-corrected chi connectivity index (χ1v) is 10.7. The van der Waals surface area contributed by atoms with E-state index in [9.17, 15) is 24.0 Å². The Morgan fingerprint density at radius 3 is 1.37 bits per heavy atom. The summed E-state index contributed by atoms with van der Waals surface area (Å²) in [6.07, 6.45) is 2.02. The van der Waals surface area contributed by atoms with Crippen molar-refractivity contribution >= 4 is 29.5 Å². The molecule has 0 aromatic rings. The van der Waals surface area contributed by atoms with Crippen LogP contribution in [0.1, 0.15) is 40.0 Å². The molecule has 0 saturated heterocycles. The van der Waals surface area contributed by atoms with Crippen molar-refractivity contribution in [2.45, 2.75) is 40.0 Å². The van der Waals surface area contributed by atoms with Crippen LogP contribution in [0.4, 0.5) is 0 Å². The first-order chi connectivity index (χ1) is 14.3. The Morgan fingerprint density at radius 1 is 0.667 bits per heavy atom. The van der Waals surface area contributed by atoms with Gasteiger partial charge in [-0.05, 0) is 0 Å². The first-order valence-electron chi connectivity index (χ1n) is 10.7. The Bertz CT molecular complexity index is 488. The molecule has 0 spiro atoms. The maximum atomic E-state index is 11.8. The molecule has 0 aromatic heterocycles. The summed E-state index contributed by atoms with van der Waals surface area (Å²) >= 11 is 0. The highest BCUT2D eigenvalue weighted by molar-refractivity contribution is 5.83. The third-order valence-corrected chi connectivity index (χ3v) is 4.83. The fourth-order valence-corrected chi connectivity index (χ4v) is 2.76. The lowest BCUT2D eigenvalue weighted by molar-refractivity contribution is -0.124. The van der Waals surface area contributed by atoms with Gasteiger partial charge in [0.25, 0.3) is 0 Å². The molecule has 0 aliphatic carbocycles. The fraction of sp³-hybridized carbons (Fsp3) is 0.762. The van der Waals surface area contributed by atoms with Crippen molar-refractivity contribution in [2.24, 2.45) is 0 Å². The highest BCUT2D eigenvalue weighted by atomic mass is 16.2. The number of nitrogens with zero attached hydrogens (tertiary/aromatic N) is 3. The summed E-state index contributed by atoms with van der Waals surface area (Å²) in [6.45, 7) is 8.21. The third kappa shape index (κ3) is 13.3. The van der Waals surface area contributed by atoms with Gasteiger partial charge in [0, 0.05) is 52.5 Å². The van der Waals surface area contributed by atoms with E-state index >= 15 is 0 Å². The zero-order valence-corrected chi connectivity index (χ0v) is 18.9. The SMILES string of the molecule is CCC(=O)CN(CCN(CC=O)CCN(CC(=O)CC)CC(=O)NC)CC(=O)CC. The normalized spacial score (nSPS) is 11.2. The second kappa shape index (κ2) is 16.8. The average Bonchev–Trinajstić information content (AvgIpc) is 2.74. The van der Waals surface area contributed by atoms with E-state index in [1.54, 1.807) is 32.7 Å². The summed E-state index contributed by atoms with van der Waals surface area (Å²) in [5.74, 6) is -0.00214. The number of carbonyl (C=O) groups excluding carboxylic acids is 5. The van der Waals surface area contributed by atoms with Crippen LogP contribution in [0.15, 0.2) is 0 Å². The summed E-state index contributed by atoms with van der Waals surface area (Å²) in [6, 6.07) is 0. The van der Waals surface area contributed by atoms with E-state index in [0.717, 1.165) is 6.29 Å². The third-order valence-electron chi connectivity index (χ3n) is 4.83. The maximum absolute atomic E-state index is 11.8. The van der Waals surface area contributed by atoms with Gasteiger partial charge < -0.3 is 10.1 Å². The van der Waals surface area contributed by atoms with Crippen molar-refractivity contribution in [3.8, 4) is 0 Å². The first kappa shape index (κ1) is 28.0. The Morgan fingerprint density at radius 2 is 1.03 bits per heavy atom. The van der Waals surface area contributed by atoms with Crippen LogP contribution >= 0.6 is 0 Å². The average molecular weight is 427 g/mol. The second-order valence-corrected chi connectivity index (χ2v) is 7.24. The number of likely N-dealkylation sites (N-methyl/N-ethyl adjacent to an activating group) is 1. The van der Waals surface area contributed by atoms with E-state index in [1.165, 1.54) is 0 Å². The molecule has 0 heterocycles. The molecule has 9 heteroatoms. The molecule has 30 heavy (non-hydrogen) atoms. The molecule has 0 fully saturated rings. The summed E-state index contributed by atoms with van der Waals surface area (Å²) in [4.78, 5) is 63.8. The number of ketones is 3. The highest BCUT2D eigenvalue weighted by Crippen LogP contribution is 1.99. The lowest BCUT2D eigenvalue weighted by Crippen LogP contribution is -2.45. The molecule has 0 unspecified atom stereocenters. The molecule has 0 rings (SSSR count). The van der Waals surface area contributed by atoms with Crippen molar-refractivity contribution in [1.82, 2.24) is 20.0 Å². The molecule has 0 aromatic carbocycles. The number of Topliss-reactive ketones (excluding diaryl/α,β-unsaturated/α-hetero) is 3. The van der Waals surface area contributed by atoms with Crippen molar-refractivity contribution < 1.29 is 24.0 Å². The summed E-state index contributed by atoms with van der Waals surface area (Å²) in [5, 5.41) is 2.55. The van der Waals surface area contributed by atoms with Gasteiger partial charge in [-0.3, -0.25) is 33.9 Å². The van der Waals surface area contributed by atoms with Crippen molar-refractivity contribution in [1.29, 1.82) is 0 Å². The number of nitrogens with one attached hydrogen (secondary N) is 1. The highest BCUT2D eigenvalue weighted by Gasteiger charge is 2.17. The molecule has 9 nitrogen and oxygen atoms in total. The van der Waals surface area contributed by atoms with Crippen LogP contribution < -0.4 is 5.32 Å². The minimum atomic E-state index is -0.178. The predicted octanol–water partition coefficient (Wildman–Crippen LogP) is -0.225. The minimum Gasteiger partial charge on any atom is -0.358 e. The Balaban J connectivity index is 4.93. The molecule has 0 saturated carbocycles. The van der Waals surface area contributed by atoms with Crippen LogP contribution in [-0.4, -0.2) is 110 Å². The molecule has 1 amide bonds. The summed E-state index contributed by atoms with van der Waals surface area (Å²) in [5.41, 5.74) is 0. The van der Waals surface area contributed by atoms with Crippen LogP contribution in [0, 0.1) is 0 Å². The van der Waals surface area contributed by atoms with Crippen LogP contribution in [0.5, 0.6) is 0 Å². The van der Waals surface area contributed by atoms with Gasteiger partial charge in [0.05, 0.1) is 32.7 Å².